The van der Waals surface area contributed by atoms with Gasteiger partial charge in [0.05, 0.1) is 43.7 Å². The lowest BCUT2D eigenvalue weighted by atomic mass is 10.0. The maximum absolute atomic E-state index is 14.0. The van der Waals surface area contributed by atoms with E-state index in [1.54, 1.807) is 55.0 Å². The summed E-state index contributed by atoms with van der Waals surface area (Å²) in [7, 11) is 0. The Kier molecular flexibility index (Phi) is 18.1. The third-order valence-electron chi connectivity index (χ3n) is 9.47. The molecule has 0 aliphatic rings. The number of halogens is 3. The topological polar surface area (TPSA) is 79.4 Å². The van der Waals surface area contributed by atoms with Crippen LogP contribution < -0.4 is 14.2 Å². The van der Waals surface area contributed by atoms with Crippen LogP contribution in [0.1, 0.15) is 91.7 Å². The summed E-state index contributed by atoms with van der Waals surface area (Å²) in [5, 5.41) is 0.617. The fourth-order valence-corrected chi connectivity index (χ4v) is 6.37. The van der Waals surface area contributed by atoms with E-state index in [2.05, 4.69) is 29.5 Å². The summed E-state index contributed by atoms with van der Waals surface area (Å²) >= 11 is 6.24. The summed E-state index contributed by atoms with van der Waals surface area (Å²) in [5.41, 5.74) is 8.98. The Morgan fingerprint density at radius 2 is 0.921 bits per heavy atom. The van der Waals surface area contributed by atoms with E-state index in [-0.39, 0.29) is 29.9 Å². The molecule has 12 heteroatoms. The van der Waals surface area contributed by atoms with Gasteiger partial charge in [0.15, 0.2) is 17.1 Å². The molecule has 0 amide bonds. The molecule has 0 spiro atoms. The van der Waals surface area contributed by atoms with Crippen molar-refractivity contribution in [1.82, 2.24) is 15.0 Å². The number of benzene rings is 3. The van der Waals surface area contributed by atoms with Crippen LogP contribution in [0.15, 0.2) is 91.4 Å². The Bertz CT molecular complexity index is 2360. The van der Waals surface area contributed by atoms with Gasteiger partial charge in [-0.05, 0) is 133 Å². The molecule has 6 rings (SSSR count). The molecule has 0 radical (unpaired) electrons. The van der Waals surface area contributed by atoms with Crippen LogP contribution in [0.25, 0.3) is 14.5 Å². The third-order valence-corrected chi connectivity index (χ3v) is 9.82. The summed E-state index contributed by atoms with van der Waals surface area (Å²) in [6.45, 7) is 38.4. The van der Waals surface area contributed by atoms with Gasteiger partial charge in [-0.25, -0.2) is 33.3 Å². The Labute approximate surface area is 375 Å². The van der Waals surface area contributed by atoms with Crippen LogP contribution >= 0.6 is 11.6 Å². The van der Waals surface area contributed by atoms with Crippen molar-refractivity contribution in [1.29, 1.82) is 0 Å². The molecule has 0 aliphatic heterocycles. The predicted octanol–water partition coefficient (Wildman–Crippen LogP) is 13.9. The molecule has 324 valence electrons. The van der Waals surface area contributed by atoms with Crippen molar-refractivity contribution in [3.05, 3.63) is 192 Å². The third kappa shape index (κ3) is 14.4. The number of aromatic nitrogens is 3. The molecular weight excluding hydrogens is 818 g/mol. The van der Waals surface area contributed by atoms with Gasteiger partial charge in [-0.1, -0.05) is 48.0 Å². The number of hydrogen-bond donors (Lipinski definition) is 0. The molecule has 0 aliphatic carbocycles. The fourth-order valence-electron chi connectivity index (χ4n) is 6.13. The van der Waals surface area contributed by atoms with Gasteiger partial charge in [-0.15, -0.1) is 0 Å². The molecular formula is C51H51ClF2N6O3. The highest BCUT2D eigenvalue weighted by molar-refractivity contribution is 6.31. The van der Waals surface area contributed by atoms with Crippen molar-refractivity contribution in [2.45, 2.75) is 99.9 Å². The van der Waals surface area contributed by atoms with Crippen molar-refractivity contribution in [2.24, 2.45) is 0 Å². The molecule has 0 saturated carbocycles. The van der Waals surface area contributed by atoms with Crippen molar-refractivity contribution in [3.63, 3.8) is 0 Å². The molecule has 0 fully saturated rings. The normalized spacial score (nSPS) is 10.5. The maximum atomic E-state index is 14.0. The lowest BCUT2D eigenvalue weighted by molar-refractivity contribution is 0.230. The van der Waals surface area contributed by atoms with Crippen LogP contribution in [0.3, 0.4) is 0 Å². The van der Waals surface area contributed by atoms with Crippen LogP contribution in [0.4, 0.5) is 25.8 Å². The van der Waals surface area contributed by atoms with Crippen LogP contribution in [-0.2, 0) is 19.3 Å². The number of hydrogen-bond acceptors (Lipinski definition) is 6. The van der Waals surface area contributed by atoms with Crippen LogP contribution in [0.2, 0.25) is 5.02 Å². The van der Waals surface area contributed by atoms with Gasteiger partial charge in [0.1, 0.15) is 17.4 Å². The standard InChI is InChI=1S/C17H17ClN2O.2C17H17FN2O/c2*1-11(2)21-17-12(3)13(7-8-20-17)9-14-5-6-15(19-4)10-16(14)18;1-11(2)21-17-7-8-20-16(12(17)3)9-13-5-6-14(19-4)10-15(13)18/h3*5-8,10-11H,9H2,1-3H3. The van der Waals surface area contributed by atoms with E-state index in [1.807, 2.05) is 86.6 Å². The van der Waals surface area contributed by atoms with Crippen molar-refractivity contribution >= 4 is 28.7 Å². The first-order valence-corrected chi connectivity index (χ1v) is 20.7. The molecule has 3 heterocycles. The Morgan fingerprint density at radius 3 is 1.35 bits per heavy atom. The van der Waals surface area contributed by atoms with Gasteiger partial charge in [0.2, 0.25) is 11.8 Å². The summed E-state index contributed by atoms with van der Waals surface area (Å²) < 4.78 is 45.0. The highest BCUT2D eigenvalue weighted by Gasteiger charge is 2.14. The van der Waals surface area contributed by atoms with E-state index in [1.165, 1.54) is 12.1 Å². The Hall–Kier alpha value is -6.87. The SMILES string of the molecule is [C-]#[N+]c1ccc(Cc2ccnc(OC(C)C)c2C)c(Cl)c1.[C-]#[N+]c1ccc(Cc2ccnc(OC(C)C)c2C)c(F)c1.[C-]#[N+]c1ccc(Cc2nccc(OC(C)C)c2C)c(F)c1. The summed E-state index contributed by atoms with van der Waals surface area (Å²) in [6, 6.07) is 20.1. The molecule has 0 N–H and O–H groups in total. The smallest absolute Gasteiger partial charge is 0.216 e. The van der Waals surface area contributed by atoms with Gasteiger partial charge >= 0.3 is 0 Å². The highest BCUT2D eigenvalue weighted by atomic mass is 35.5. The quantitative estimate of drug-likeness (QED) is 0.114. The molecule has 3 aromatic carbocycles. The van der Waals surface area contributed by atoms with E-state index in [9.17, 15) is 8.78 Å². The van der Waals surface area contributed by atoms with E-state index < -0.39 is 0 Å². The molecule has 6 aromatic rings. The summed E-state index contributed by atoms with van der Waals surface area (Å²) in [5.74, 6) is 1.29. The second-order valence-electron chi connectivity index (χ2n) is 15.4. The number of rotatable bonds is 12. The molecule has 3 aromatic heterocycles. The van der Waals surface area contributed by atoms with Gasteiger partial charge in [-0.3, -0.25) is 4.98 Å². The van der Waals surface area contributed by atoms with E-state index in [0.29, 0.717) is 64.2 Å². The molecule has 0 atom stereocenters. The zero-order valence-corrected chi connectivity index (χ0v) is 37.8. The zero-order valence-electron chi connectivity index (χ0n) is 37.1. The number of pyridine rings is 3. The van der Waals surface area contributed by atoms with Crippen molar-refractivity contribution < 1.29 is 23.0 Å². The maximum Gasteiger partial charge on any atom is 0.216 e. The van der Waals surface area contributed by atoms with E-state index in [0.717, 1.165) is 44.8 Å². The fraction of sp³-hybridized carbons (Fsp3) is 0.294. The van der Waals surface area contributed by atoms with Gasteiger partial charge in [0, 0.05) is 53.1 Å². The number of ether oxygens (including phenoxy) is 3. The monoisotopic (exact) mass is 868 g/mol. The van der Waals surface area contributed by atoms with Crippen LogP contribution in [-0.4, -0.2) is 33.3 Å². The minimum Gasteiger partial charge on any atom is -0.491 e. The molecule has 63 heavy (non-hydrogen) atoms. The van der Waals surface area contributed by atoms with Crippen LogP contribution in [0.5, 0.6) is 17.5 Å². The molecule has 0 bridgehead atoms. The average Bonchev–Trinajstić information content (AvgIpc) is 3.24. The second kappa shape index (κ2) is 23.4. The van der Waals surface area contributed by atoms with Gasteiger partial charge < -0.3 is 14.2 Å². The average molecular weight is 869 g/mol. The van der Waals surface area contributed by atoms with Gasteiger partial charge in [-0.2, -0.15) is 0 Å². The predicted molar refractivity (Wildman–Crippen MR) is 246 cm³/mol. The molecule has 0 saturated heterocycles. The van der Waals surface area contributed by atoms with Gasteiger partial charge in [0.25, 0.3) is 0 Å². The summed E-state index contributed by atoms with van der Waals surface area (Å²) in [6.07, 6.45) is 6.83. The minimum atomic E-state index is -0.375. The summed E-state index contributed by atoms with van der Waals surface area (Å²) in [4.78, 5) is 22.6. The van der Waals surface area contributed by atoms with Crippen LogP contribution in [0, 0.1) is 52.1 Å². The largest absolute Gasteiger partial charge is 0.491 e. The van der Waals surface area contributed by atoms with Crippen molar-refractivity contribution in [3.8, 4) is 17.5 Å². The first-order chi connectivity index (χ1) is 30.0. The first kappa shape index (κ1) is 48.8. The Balaban J connectivity index is 0.000000207. The minimum absolute atomic E-state index is 0.0427. The number of nitrogens with zero attached hydrogens (tertiary/aromatic N) is 6. The molecule has 0 unspecified atom stereocenters. The highest BCUT2D eigenvalue weighted by Crippen LogP contribution is 2.29. The first-order valence-electron chi connectivity index (χ1n) is 20.3. The second-order valence-corrected chi connectivity index (χ2v) is 15.8. The zero-order chi connectivity index (χ0) is 46.2. The van der Waals surface area contributed by atoms with E-state index >= 15 is 0 Å². The molecule has 9 nitrogen and oxygen atoms in total. The van der Waals surface area contributed by atoms with E-state index in [4.69, 9.17) is 45.5 Å². The Morgan fingerprint density at radius 1 is 0.508 bits per heavy atom. The lowest BCUT2D eigenvalue weighted by Crippen LogP contribution is -2.09. The van der Waals surface area contributed by atoms with Crippen molar-refractivity contribution in [2.75, 3.05) is 0 Å². The lowest BCUT2D eigenvalue weighted by Gasteiger charge is -2.14.